The average molecular weight is 369 g/mol. The van der Waals surface area contributed by atoms with E-state index in [1.807, 2.05) is 12.1 Å². The number of morpholine rings is 1. The maximum Gasteiger partial charge on any atom is 0.278 e. The molecule has 0 unspecified atom stereocenters. The van der Waals surface area contributed by atoms with Gasteiger partial charge in [0.2, 0.25) is 0 Å². The van der Waals surface area contributed by atoms with Gasteiger partial charge in [-0.3, -0.25) is 14.9 Å². The number of rotatable bonds is 6. The lowest BCUT2D eigenvalue weighted by molar-refractivity contribution is -0.921. The highest BCUT2D eigenvalue weighted by Crippen LogP contribution is 2.15. The Morgan fingerprint density at radius 2 is 1.89 bits per heavy atom. The van der Waals surface area contributed by atoms with E-state index >= 15 is 0 Å². The summed E-state index contributed by atoms with van der Waals surface area (Å²) in [6.07, 6.45) is 1.27. The van der Waals surface area contributed by atoms with Gasteiger partial charge in [-0.2, -0.15) is 5.10 Å². The molecule has 1 amide bonds. The smallest absolute Gasteiger partial charge is 0.278 e. The van der Waals surface area contributed by atoms with E-state index in [-0.39, 0.29) is 11.6 Å². The molecule has 1 aliphatic rings. The van der Waals surface area contributed by atoms with Crippen molar-refractivity contribution in [3.05, 3.63) is 75.3 Å². The van der Waals surface area contributed by atoms with Crippen LogP contribution in [-0.2, 0) is 11.3 Å². The largest absolute Gasteiger partial charge is 0.370 e. The molecular formula is C19H21N4O4+. The van der Waals surface area contributed by atoms with Crippen molar-refractivity contribution < 1.29 is 19.4 Å². The number of amides is 1. The molecule has 0 saturated carbocycles. The lowest BCUT2D eigenvalue weighted by Gasteiger charge is -2.23. The molecular weight excluding hydrogens is 348 g/mol. The topological polar surface area (TPSA) is 98.3 Å². The van der Waals surface area contributed by atoms with E-state index in [1.54, 1.807) is 30.3 Å². The second-order valence-corrected chi connectivity index (χ2v) is 6.25. The number of hydrogen-bond acceptors (Lipinski definition) is 5. The van der Waals surface area contributed by atoms with Crippen LogP contribution >= 0.6 is 0 Å². The third-order valence-electron chi connectivity index (χ3n) is 4.37. The van der Waals surface area contributed by atoms with E-state index in [1.165, 1.54) is 17.2 Å². The first-order valence-corrected chi connectivity index (χ1v) is 8.70. The Morgan fingerprint density at radius 3 is 2.59 bits per heavy atom. The van der Waals surface area contributed by atoms with Crippen molar-refractivity contribution in [3.8, 4) is 0 Å². The molecule has 0 aliphatic carbocycles. The number of carbonyl (C=O) groups is 1. The Kier molecular flexibility index (Phi) is 6.24. The highest BCUT2D eigenvalue weighted by atomic mass is 16.6. The van der Waals surface area contributed by atoms with Gasteiger partial charge in [-0.1, -0.05) is 24.3 Å². The zero-order valence-electron chi connectivity index (χ0n) is 14.8. The quantitative estimate of drug-likeness (QED) is 0.446. The Bertz CT molecular complexity index is 830. The summed E-state index contributed by atoms with van der Waals surface area (Å²) in [4.78, 5) is 24.1. The first-order chi connectivity index (χ1) is 13.1. The van der Waals surface area contributed by atoms with Crippen molar-refractivity contribution in [1.82, 2.24) is 5.43 Å². The average Bonchev–Trinajstić information content (AvgIpc) is 2.69. The summed E-state index contributed by atoms with van der Waals surface area (Å²) >= 11 is 0. The van der Waals surface area contributed by atoms with Gasteiger partial charge in [0.05, 0.1) is 29.9 Å². The number of nitrogens with one attached hydrogen (secondary N) is 2. The van der Waals surface area contributed by atoms with Crippen molar-refractivity contribution in [2.24, 2.45) is 5.10 Å². The molecule has 1 fully saturated rings. The summed E-state index contributed by atoms with van der Waals surface area (Å²) < 4.78 is 5.35. The number of nitrogens with zero attached hydrogens (tertiary/aromatic N) is 2. The zero-order chi connectivity index (χ0) is 19.1. The van der Waals surface area contributed by atoms with Gasteiger partial charge in [0.15, 0.2) is 0 Å². The minimum atomic E-state index is -0.488. The number of hydrazone groups is 1. The van der Waals surface area contributed by atoms with Gasteiger partial charge in [-0.15, -0.1) is 0 Å². The third kappa shape index (κ3) is 5.19. The molecule has 27 heavy (non-hydrogen) atoms. The van der Waals surface area contributed by atoms with Crippen LogP contribution in [0.15, 0.2) is 53.6 Å². The van der Waals surface area contributed by atoms with Crippen molar-refractivity contribution in [3.63, 3.8) is 0 Å². The predicted molar refractivity (Wildman–Crippen MR) is 99.8 cm³/mol. The first-order valence-electron chi connectivity index (χ1n) is 8.70. The lowest BCUT2D eigenvalue weighted by Crippen LogP contribution is -3.12. The van der Waals surface area contributed by atoms with E-state index in [0.29, 0.717) is 11.1 Å². The molecule has 0 spiro atoms. The number of nitro benzene ring substituents is 1. The molecule has 1 heterocycles. The molecule has 2 aromatic rings. The summed E-state index contributed by atoms with van der Waals surface area (Å²) in [6, 6.07) is 13.6. The molecule has 140 valence electrons. The minimum Gasteiger partial charge on any atom is -0.370 e. The molecule has 0 atom stereocenters. The number of hydrogen-bond donors (Lipinski definition) is 2. The van der Waals surface area contributed by atoms with Crippen LogP contribution in [-0.4, -0.2) is 43.3 Å². The maximum absolute atomic E-state index is 12.2. The Morgan fingerprint density at radius 1 is 1.19 bits per heavy atom. The molecule has 8 nitrogen and oxygen atoms in total. The molecule has 8 heteroatoms. The predicted octanol–water partition coefficient (Wildman–Crippen LogP) is 0.774. The van der Waals surface area contributed by atoms with Crippen LogP contribution in [0.4, 0.5) is 5.69 Å². The van der Waals surface area contributed by atoms with Crippen LogP contribution < -0.4 is 10.3 Å². The van der Waals surface area contributed by atoms with Crippen LogP contribution in [0.5, 0.6) is 0 Å². The van der Waals surface area contributed by atoms with E-state index < -0.39 is 4.92 Å². The molecule has 2 aromatic carbocycles. The summed E-state index contributed by atoms with van der Waals surface area (Å²) in [5.74, 6) is -0.366. The second kappa shape index (κ2) is 9.02. The van der Waals surface area contributed by atoms with Crippen molar-refractivity contribution >= 4 is 17.8 Å². The van der Waals surface area contributed by atoms with E-state index in [4.69, 9.17) is 4.74 Å². The fraction of sp³-hybridized carbons (Fsp3) is 0.263. The molecule has 0 aromatic heterocycles. The van der Waals surface area contributed by atoms with E-state index in [9.17, 15) is 14.9 Å². The van der Waals surface area contributed by atoms with Gasteiger partial charge >= 0.3 is 0 Å². The number of ether oxygens (including phenoxy) is 1. The van der Waals surface area contributed by atoms with E-state index in [0.717, 1.165) is 38.4 Å². The first kappa shape index (κ1) is 18.7. The Labute approximate surface area is 156 Å². The molecule has 1 saturated heterocycles. The lowest BCUT2D eigenvalue weighted by atomic mass is 10.1. The van der Waals surface area contributed by atoms with Crippen LogP contribution in [0.1, 0.15) is 21.5 Å². The minimum absolute atomic E-state index is 0.0644. The van der Waals surface area contributed by atoms with Gasteiger partial charge in [0, 0.05) is 17.2 Å². The zero-order valence-corrected chi connectivity index (χ0v) is 14.8. The van der Waals surface area contributed by atoms with Crippen LogP contribution in [0.3, 0.4) is 0 Å². The van der Waals surface area contributed by atoms with Gasteiger partial charge < -0.3 is 9.64 Å². The number of nitro groups is 1. The highest BCUT2D eigenvalue weighted by Gasteiger charge is 2.14. The molecule has 2 N–H and O–H groups in total. The van der Waals surface area contributed by atoms with Crippen molar-refractivity contribution in [1.29, 1.82) is 0 Å². The molecule has 0 bridgehead atoms. The monoisotopic (exact) mass is 369 g/mol. The van der Waals surface area contributed by atoms with Crippen LogP contribution in [0.2, 0.25) is 0 Å². The van der Waals surface area contributed by atoms with Crippen molar-refractivity contribution in [2.45, 2.75) is 6.54 Å². The highest BCUT2D eigenvalue weighted by molar-refractivity contribution is 5.95. The SMILES string of the molecule is O=C(N/N=C\c1ccccc1[N+](=O)[O-])c1ccc(C[NH+]2CCOCC2)cc1. The maximum atomic E-state index is 12.2. The molecule has 3 rings (SSSR count). The van der Waals surface area contributed by atoms with Crippen molar-refractivity contribution in [2.75, 3.05) is 26.3 Å². The number of para-hydroxylation sites is 1. The van der Waals surface area contributed by atoms with E-state index in [2.05, 4.69) is 10.5 Å². The number of quaternary nitrogens is 1. The van der Waals surface area contributed by atoms with Gasteiger partial charge in [0.1, 0.15) is 19.6 Å². The van der Waals surface area contributed by atoms with Crippen LogP contribution in [0, 0.1) is 10.1 Å². The fourth-order valence-electron chi connectivity index (χ4n) is 2.89. The summed E-state index contributed by atoms with van der Waals surface area (Å²) in [6.45, 7) is 4.45. The number of carbonyl (C=O) groups excluding carboxylic acids is 1. The Hall–Kier alpha value is -3.10. The second-order valence-electron chi connectivity index (χ2n) is 6.25. The fourth-order valence-corrected chi connectivity index (χ4v) is 2.89. The normalized spacial score (nSPS) is 15.0. The summed E-state index contributed by atoms with van der Waals surface area (Å²) in [7, 11) is 0. The third-order valence-corrected chi connectivity index (χ3v) is 4.37. The summed E-state index contributed by atoms with van der Waals surface area (Å²) in [5, 5.41) is 14.8. The molecule has 0 radical (unpaired) electrons. The Balaban J connectivity index is 1.57. The van der Waals surface area contributed by atoms with Gasteiger partial charge in [-0.25, -0.2) is 5.43 Å². The molecule has 1 aliphatic heterocycles. The van der Waals surface area contributed by atoms with Gasteiger partial charge in [0.25, 0.3) is 11.6 Å². The van der Waals surface area contributed by atoms with Crippen LogP contribution in [0.25, 0.3) is 0 Å². The van der Waals surface area contributed by atoms with Gasteiger partial charge in [-0.05, 0) is 18.2 Å². The standard InChI is InChI=1S/C19H20N4O4/c24-19(21-20-13-17-3-1-2-4-18(17)23(25)26)16-7-5-15(6-8-16)14-22-9-11-27-12-10-22/h1-8,13H,9-12,14H2,(H,21,24)/p+1/b20-13-. The summed E-state index contributed by atoms with van der Waals surface area (Å²) in [5.41, 5.74) is 4.30. The number of benzene rings is 2.